The Kier molecular flexibility index (Phi) is 6.46. The highest BCUT2D eigenvalue weighted by molar-refractivity contribution is 5.79. The molecule has 0 aliphatic carbocycles. The maximum absolute atomic E-state index is 12.3. The van der Waals surface area contributed by atoms with E-state index < -0.39 is 0 Å². The normalized spacial score (nSPS) is 20.1. The Morgan fingerprint density at radius 1 is 1.30 bits per heavy atom. The van der Waals surface area contributed by atoms with Crippen molar-refractivity contribution in [3.05, 3.63) is 0 Å². The maximum Gasteiger partial charge on any atom is 0.224 e. The molecule has 0 aromatic heterocycles. The van der Waals surface area contributed by atoms with Gasteiger partial charge in [-0.15, -0.1) is 0 Å². The molecule has 1 fully saturated rings. The van der Waals surface area contributed by atoms with Gasteiger partial charge in [-0.2, -0.15) is 0 Å². The molecule has 3 N–H and O–H groups in total. The number of hydrogen-bond donors (Lipinski definition) is 2. The third-order valence-corrected chi connectivity index (χ3v) is 4.12. The number of likely N-dealkylation sites (tertiary alicyclic amines) is 1. The molecule has 0 aromatic carbocycles. The molecule has 4 heteroatoms. The summed E-state index contributed by atoms with van der Waals surface area (Å²) in [5.41, 5.74) is 5.92. The third-order valence-electron chi connectivity index (χ3n) is 4.12. The molecular formula is C16H33N3O. The summed E-state index contributed by atoms with van der Waals surface area (Å²) < 4.78 is 0. The zero-order valence-electron chi connectivity index (χ0n) is 13.9. The second-order valence-electron chi connectivity index (χ2n) is 7.61. The summed E-state index contributed by atoms with van der Waals surface area (Å²) in [6.45, 7) is 13.5. The summed E-state index contributed by atoms with van der Waals surface area (Å²) in [6, 6.07) is 0.927. The molecule has 1 rings (SSSR count). The van der Waals surface area contributed by atoms with Crippen molar-refractivity contribution >= 4 is 5.91 Å². The standard InChI is InChI=1S/C16H33N3O/c1-12(2)19-8-6-14(7-9-19)18-15(20)13(11-17)10-16(3,4)5/h12-14H,6-11,17H2,1-5H3,(H,18,20). The molecule has 0 spiro atoms. The van der Waals surface area contributed by atoms with Crippen molar-refractivity contribution in [1.82, 2.24) is 10.2 Å². The SMILES string of the molecule is CC(C)N1CCC(NC(=O)C(CN)CC(C)(C)C)CC1. The number of piperidine rings is 1. The van der Waals surface area contributed by atoms with Gasteiger partial charge < -0.3 is 16.0 Å². The van der Waals surface area contributed by atoms with Crippen molar-refractivity contribution in [3.8, 4) is 0 Å². The Labute approximate surface area is 124 Å². The van der Waals surface area contributed by atoms with Gasteiger partial charge in [0.25, 0.3) is 0 Å². The Bertz CT molecular complexity index is 301. The van der Waals surface area contributed by atoms with Crippen molar-refractivity contribution in [1.29, 1.82) is 0 Å². The number of carbonyl (C=O) groups is 1. The first-order chi connectivity index (χ1) is 9.23. The second-order valence-corrected chi connectivity index (χ2v) is 7.61. The van der Waals surface area contributed by atoms with E-state index in [1.807, 2.05) is 0 Å². The van der Waals surface area contributed by atoms with Crippen LogP contribution in [0.1, 0.15) is 53.9 Å². The van der Waals surface area contributed by atoms with Crippen LogP contribution in [0.15, 0.2) is 0 Å². The van der Waals surface area contributed by atoms with Crippen LogP contribution in [0.25, 0.3) is 0 Å². The molecule has 1 aliphatic rings. The Morgan fingerprint density at radius 3 is 2.25 bits per heavy atom. The predicted molar refractivity (Wildman–Crippen MR) is 84.5 cm³/mol. The second kappa shape index (κ2) is 7.41. The molecule has 1 aliphatic heterocycles. The minimum atomic E-state index is -0.0573. The molecule has 0 aromatic rings. The number of rotatable bonds is 5. The van der Waals surface area contributed by atoms with Gasteiger partial charge in [0.1, 0.15) is 0 Å². The molecule has 1 amide bonds. The summed E-state index contributed by atoms with van der Waals surface area (Å²) in [5, 5.41) is 3.21. The highest BCUT2D eigenvalue weighted by Crippen LogP contribution is 2.24. The maximum atomic E-state index is 12.3. The first-order valence-electron chi connectivity index (χ1n) is 7.97. The minimum absolute atomic E-state index is 0.0573. The Hall–Kier alpha value is -0.610. The van der Waals surface area contributed by atoms with Gasteiger partial charge in [0, 0.05) is 31.7 Å². The van der Waals surface area contributed by atoms with Gasteiger partial charge in [-0.1, -0.05) is 20.8 Å². The fraction of sp³-hybridized carbons (Fsp3) is 0.938. The van der Waals surface area contributed by atoms with E-state index in [4.69, 9.17) is 5.73 Å². The van der Waals surface area contributed by atoms with Crippen molar-refractivity contribution < 1.29 is 4.79 Å². The van der Waals surface area contributed by atoms with Crippen LogP contribution in [0.2, 0.25) is 0 Å². The van der Waals surface area contributed by atoms with Gasteiger partial charge in [-0.05, 0) is 38.5 Å². The van der Waals surface area contributed by atoms with E-state index in [0.29, 0.717) is 18.6 Å². The van der Waals surface area contributed by atoms with Crippen molar-refractivity contribution in [2.45, 2.75) is 66.0 Å². The molecule has 1 heterocycles. The van der Waals surface area contributed by atoms with E-state index in [0.717, 1.165) is 32.4 Å². The van der Waals surface area contributed by atoms with Crippen molar-refractivity contribution in [3.63, 3.8) is 0 Å². The quantitative estimate of drug-likeness (QED) is 0.811. The number of hydrogen-bond acceptors (Lipinski definition) is 3. The van der Waals surface area contributed by atoms with E-state index in [1.165, 1.54) is 0 Å². The lowest BCUT2D eigenvalue weighted by atomic mass is 9.84. The number of nitrogens with one attached hydrogen (secondary N) is 1. The van der Waals surface area contributed by atoms with Crippen LogP contribution >= 0.6 is 0 Å². The van der Waals surface area contributed by atoms with Gasteiger partial charge in [-0.25, -0.2) is 0 Å². The fourth-order valence-electron chi connectivity index (χ4n) is 2.90. The predicted octanol–water partition coefficient (Wildman–Crippen LogP) is 1.99. The number of amides is 1. The molecule has 0 saturated carbocycles. The van der Waals surface area contributed by atoms with Gasteiger partial charge in [-0.3, -0.25) is 4.79 Å². The lowest BCUT2D eigenvalue weighted by molar-refractivity contribution is -0.126. The Morgan fingerprint density at radius 2 is 1.85 bits per heavy atom. The first-order valence-corrected chi connectivity index (χ1v) is 7.97. The summed E-state index contributed by atoms with van der Waals surface area (Å²) in [6.07, 6.45) is 2.95. The number of nitrogens with two attached hydrogens (primary N) is 1. The van der Waals surface area contributed by atoms with Crippen LogP contribution in [0.3, 0.4) is 0 Å². The van der Waals surface area contributed by atoms with Gasteiger partial charge in [0.2, 0.25) is 5.91 Å². The van der Waals surface area contributed by atoms with Crippen LogP contribution in [0.5, 0.6) is 0 Å². The lowest BCUT2D eigenvalue weighted by Crippen LogP contribution is -2.49. The Balaban J connectivity index is 2.42. The summed E-state index contributed by atoms with van der Waals surface area (Å²) in [7, 11) is 0. The van der Waals surface area contributed by atoms with Crippen LogP contribution in [0.4, 0.5) is 0 Å². The van der Waals surface area contributed by atoms with Crippen molar-refractivity contribution in [2.24, 2.45) is 17.1 Å². The van der Waals surface area contributed by atoms with Crippen molar-refractivity contribution in [2.75, 3.05) is 19.6 Å². The molecule has 1 atom stereocenters. The molecule has 0 bridgehead atoms. The number of nitrogens with zero attached hydrogens (tertiary/aromatic N) is 1. The van der Waals surface area contributed by atoms with Crippen LogP contribution < -0.4 is 11.1 Å². The van der Waals surface area contributed by atoms with Crippen LogP contribution in [-0.2, 0) is 4.79 Å². The van der Waals surface area contributed by atoms with E-state index in [-0.39, 0.29) is 17.2 Å². The van der Waals surface area contributed by atoms with Gasteiger partial charge in [0.05, 0.1) is 5.92 Å². The molecule has 1 unspecified atom stereocenters. The van der Waals surface area contributed by atoms with Crippen LogP contribution in [-0.4, -0.2) is 42.5 Å². The molecular weight excluding hydrogens is 250 g/mol. The van der Waals surface area contributed by atoms with E-state index >= 15 is 0 Å². The smallest absolute Gasteiger partial charge is 0.224 e. The lowest BCUT2D eigenvalue weighted by Gasteiger charge is -2.35. The van der Waals surface area contributed by atoms with E-state index in [9.17, 15) is 4.79 Å². The highest BCUT2D eigenvalue weighted by Gasteiger charge is 2.27. The largest absolute Gasteiger partial charge is 0.353 e. The monoisotopic (exact) mass is 283 g/mol. The number of carbonyl (C=O) groups excluding carboxylic acids is 1. The summed E-state index contributed by atoms with van der Waals surface area (Å²) in [4.78, 5) is 14.8. The summed E-state index contributed by atoms with van der Waals surface area (Å²) in [5.74, 6) is 0.0866. The average molecular weight is 283 g/mol. The van der Waals surface area contributed by atoms with E-state index in [2.05, 4.69) is 44.8 Å². The van der Waals surface area contributed by atoms with Gasteiger partial charge >= 0.3 is 0 Å². The molecule has 0 radical (unpaired) electrons. The first kappa shape index (κ1) is 17.4. The van der Waals surface area contributed by atoms with Gasteiger partial charge in [0.15, 0.2) is 0 Å². The average Bonchev–Trinajstić information content (AvgIpc) is 2.35. The summed E-state index contributed by atoms with van der Waals surface area (Å²) >= 11 is 0. The highest BCUT2D eigenvalue weighted by atomic mass is 16.2. The zero-order chi connectivity index (χ0) is 15.3. The minimum Gasteiger partial charge on any atom is -0.353 e. The van der Waals surface area contributed by atoms with E-state index in [1.54, 1.807) is 0 Å². The molecule has 20 heavy (non-hydrogen) atoms. The zero-order valence-corrected chi connectivity index (χ0v) is 13.9. The topological polar surface area (TPSA) is 58.4 Å². The molecule has 4 nitrogen and oxygen atoms in total. The fourth-order valence-corrected chi connectivity index (χ4v) is 2.90. The third kappa shape index (κ3) is 5.80. The molecule has 118 valence electrons. The van der Waals surface area contributed by atoms with Crippen LogP contribution in [0, 0.1) is 11.3 Å². The molecule has 1 saturated heterocycles.